The van der Waals surface area contributed by atoms with Crippen molar-refractivity contribution in [2.75, 3.05) is 7.11 Å². The van der Waals surface area contributed by atoms with E-state index in [-0.39, 0.29) is 0 Å². The van der Waals surface area contributed by atoms with Gasteiger partial charge in [-0.3, -0.25) is 0 Å². The molecule has 0 aliphatic rings. The van der Waals surface area contributed by atoms with E-state index in [1.165, 1.54) is 13.4 Å². The van der Waals surface area contributed by atoms with E-state index < -0.39 is 0 Å². The lowest BCUT2D eigenvalue weighted by molar-refractivity contribution is 0.402. The van der Waals surface area contributed by atoms with E-state index in [4.69, 9.17) is 10.00 Å². The molecule has 0 bridgehead atoms. The third-order valence-corrected chi connectivity index (χ3v) is 1.74. The first kappa shape index (κ1) is 7.55. The molecule has 0 aliphatic carbocycles. The molecule has 2 rings (SSSR count). The first-order chi connectivity index (χ1) is 6.36. The van der Waals surface area contributed by atoms with E-state index in [1.54, 1.807) is 6.20 Å². The van der Waals surface area contributed by atoms with Crippen LogP contribution in [0.3, 0.4) is 0 Å². The third kappa shape index (κ3) is 0.999. The summed E-state index contributed by atoms with van der Waals surface area (Å²) in [6, 6.07) is 2.02. The van der Waals surface area contributed by atoms with Crippen molar-refractivity contribution in [3.05, 3.63) is 18.1 Å². The lowest BCUT2D eigenvalue weighted by atomic mass is 10.3. The topological polar surface area (TPSA) is 74.6 Å². The quantitative estimate of drug-likeness (QED) is 0.695. The second-order valence-electron chi connectivity index (χ2n) is 2.42. The van der Waals surface area contributed by atoms with Crippen molar-refractivity contribution in [1.29, 1.82) is 5.26 Å². The summed E-state index contributed by atoms with van der Waals surface area (Å²) in [7, 11) is 1.52. The van der Waals surface area contributed by atoms with E-state index in [9.17, 15) is 0 Å². The van der Waals surface area contributed by atoms with Gasteiger partial charge in [-0.15, -0.1) is 0 Å². The molecular weight excluding hydrogens is 168 g/mol. The Kier molecular flexibility index (Phi) is 1.60. The molecular formula is C8H6N4O. The molecule has 64 valence electrons. The Balaban J connectivity index is 2.81. The SMILES string of the molecule is COc1ncnc2c(C#N)c[nH]c12. The van der Waals surface area contributed by atoms with E-state index in [1.807, 2.05) is 6.07 Å². The zero-order valence-electron chi connectivity index (χ0n) is 6.90. The van der Waals surface area contributed by atoms with Crippen LogP contribution in [-0.2, 0) is 0 Å². The Morgan fingerprint density at radius 3 is 3.08 bits per heavy atom. The molecule has 0 saturated carbocycles. The molecule has 0 aromatic carbocycles. The molecule has 1 N–H and O–H groups in total. The van der Waals surface area contributed by atoms with Gasteiger partial charge >= 0.3 is 0 Å². The molecule has 0 fully saturated rings. The predicted molar refractivity (Wildman–Crippen MR) is 45.2 cm³/mol. The largest absolute Gasteiger partial charge is 0.479 e. The van der Waals surface area contributed by atoms with Crippen molar-refractivity contribution in [2.24, 2.45) is 0 Å². The molecule has 5 nitrogen and oxygen atoms in total. The molecule has 5 heteroatoms. The van der Waals surface area contributed by atoms with Gasteiger partial charge in [0.05, 0.1) is 12.7 Å². The Morgan fingerprint density at radius 1 is 1.54 bits per heavy atom. The van der Waals surface area contributed by atoms with Crippen molar-refractivity contribution in [2.45, 2.75) is 0 Å². The summed E-state index contributed by atoms with van der Waals surface area (Å²) >= 11 is 0. The highest BCUT2D eigenvalue weighted by atomic mass is 16.5. The number of nitriles is 1. The number of nitrogens with zero attached hydrogens (tertiary/aromatic N) is 3. The van der Waals surface area contributed by atoms with Crippen molar-refractivity contribution in [3.63, 3.8) is 0 Å². The van der Waals surface area contributed by atoms with Gasteiger partial charge in [0.25, 0.3) is 0 Å². The van der Waals surface area contributed by atoms with Crippen LogP contribution in [0.4, 0.5) is 0 Å². The zero-order chi connectivity index (χ0) is 9.26. The third-order valence-electron chi connectivity index (χ3n) is 1.74. The van der Waals surface area contributed by atoms with Gasteiger partial charge in [0.15, 0.2) is 0 Å². The molecule has 2 heterocycles. The number of methoxy groups -OCH3 is 1. The summed E-state index contributed by atoms with van der Waals surface area (Å²) in [6.07, 6.45) is 2.96. The standard InChI is InChI=1S/C8H6N4O/c1-13-8-7-6(11-4-12-8)5(2-9)3-10-7/h3-4,10H,1H3. The van der Waals surface area contributed by atoms with Gasteiger partial charge in [-0.2, -0.15) is 10.2 Å². The first-order valence-electron chi connectivity index (χ1n) is 3.63. The van der Waals surface area contributed by atoms with Crippen molar-refractivity contribution in [1.82, 2.24) is 15.0 Å². The minimum atomic E-state index is 0.450. The van der Waals surface area contributed by atoms with Crippen LogP contribution < -0.4 is 4.74 Å². The number of ether oxygens (including phenoxy) is 1. The average molecular weight is 174 g/mol. The maximum atomic E-state index is 8.72. The van der Waals surface area contributed by atoms with Crippen LogP contribution in [0, 0.1) is 11.3 Å². The molecule has 0 unspecified atom stereocenters. The number of H-pyrrole nitrogens is 1. The van der Waals surface area contributed by atoms with Gasteiger partial charge in [0.1, 0.15) is 23.4 Å². The molecule has 0 amide bonds. The van der Waals surface area contributed by atoms with E-state index in [2.05, 4.69) is 15.0 Å². The molecule has 0 atom stereocenters. The summed E-state index contributed by atoms with van der Waals surface area (Å²) in [5.41, 5.74) is 1.74. The molecule has 0 spiro atoms. The van der Waals surface area contributed by atoms with Gasteiger partial charge < -0.3 is 9.72 Å². The van der Waals surface area contributed by atoms with Gasteiger partial charge in [-0.05, 0) is 0 Å². The normalized spacial score (nSPS) is 9.85. The van der Waals surface area contributed by atoms with Crippen molar-refractivity contribution < 1.29 is 4.74 Å². The minimum absolute atomic E-state index is 0.450. The molecule has 2 aromatic heterocycles. The number of aromatic amines is 1. The van der Waals surface area contributed by atoms with Crippen LogP contribution >= 0.6 is 0 Å². The number of hydrogen-bond donors (Lipinski definition) is 1. The Hall–Kier alpha value is -2.09. The predicted octanol–water partition coefficient (Wildman–Crippen LogP) is 0.838. The zero-order valence-corrected chi connectivity index (χ0v) is 6.90. The van der Waals surface area contributed by atoms with E-state index in [0.717, 1.165) is 0 Å². The lowest BCUT2D eigenvalue weighted by Gasteiger charge is -1.97. The van der Waals surface area contributed by atoms with Crippen LogP contribution in [-0.4, -0.2) is 22.1 Å². The molecule has 0 radical (unpaired) electrons. The average Bonchev–Trinajstić information content (AvgIpc) is 2.60. The summed E-state index contributed by atoms with van der Waals surface area (Å²) < 4.78 is 4.99. The van der Waals surface area contributed by atoms with E-state index >= 15 is 0 Å². The molecule has 0 saturated heterocycles. The van der Waals surface area contributed by atoms with Gasteiger partial charge in [0, 0.05) is 6.20 Å². The van der Waals surface area contributed by atoms with Gasteiger partial charge in [-0.25, -0.2) is 4.98 Å². The fourth-order valence-electron chi connectivity index (χ4n) is 1.16. The monoisotopic (exact) mass is 174 g/mol. The number of nitrogens with one attached hydrogen (secondary N) is 1. The van der Waals surface area contributed by atoms with Crippen molar-refractivity contribution >= 4 is 11.0 Å². The maximum Gasteiger partial charge on any atom is 0.241 e. The summed E-state index contributed by atoms with van der Waals surface area (Å²) in [5.74, 6) is 0.450. The first-order valence-corrected chi connectivity index (χ1v) is 3.63. The highest BCUT2D eigenvalue weighted by Gasteiger charge is 2.08. The highest BCUT2D eigenvalue weighted by Crippen LogP contribution is 2.21. The molecule has 13 heavy (non-hydrogen) atoms. The number of hydrogen-bond acceptors (Lipinski definition) is 4. The van der Waals surface area contributed by atoms with Gasteiger partial charge in [0.2, 0.25) is 5.88 Å². The fourth-order valence-corrected chi connectivity index (χ4v) is 1.16. The van der Waals surface area contributed by atoms with Crippen LogP contribution in [0.15, 0.2) is 12.5 Å². The Labute approximate surface area is 74.0 Å². The minimum Gasteiger partial charge on any atom is -0.479 e. The number of fused-ring (bicyclic) bond motifs is 1. The van der Waals surface area contributed by atoms with Crippen LogP contribution in [0.1, 0.15) is 5.56 Å². The molecule has 0 aliphatic heterocycles. The Morgan fingerprint density at radius 2 is 2.38 bits per heavy atom. The molecule has 2 aromatic rings. The van der Waals surface area contributed by atoms with Crippen molar-refractivity contribution in [3.8, 4) is 11.9 Å². The number of rotatable bonds is 1. The highest BCUT2D eigenvalue weighted by molar-refractivity contribution is 5.84. The smallest absolute Gasteiger partial charge is 0.241 e. The van der Waals surface area contributed by atoms with E-state index in [0.29, 0.717) is 22.5 Å². The maximum absolute atomic E-state index is 8.72. The summed E-state index contributed by atoms with van der Waals surface area (Å²) in [5, 5.41) is 8.72. The fraction of sp³-hybridized carbons (Fsp3) is 0.125. The van der Waals surface area contributed by atoms with Crippen LogP contribution in [0.5, 0.6) is 5.88 Å². The van der Waals surface area contributed by atoms with Gasteiger partial charge in [-0.1, -0.05) is 0 Å². The Bertz CT molecular complexity index is 482. The second-order valence-corrected chi connectivity index (χ2v) is 2.42. The summed E-state index contributed by atoms with van der Waals surface area (Å²) in [6.45, 7) is 0. The lowest BCUT2D eigenvalue weighted by Crippen LogP contribution is -1.89. The second kappa shape index (κ2) is 2.75. The number of aromatic nitrogens is 3. The summed E-state index contributed by atoms with van der Waals surface area (Å²) in [4.78, 5) is 10.8. The van der Waals surface area contributed by atoms with Crippen LogP contribution in [0.25, 0.3) is 11.0 Å². The van der Waals surface area contributed by atoms with Crippen LogP contribution in [0.2, 0.25) is 0 Å².